The molecule has 0 radical (unpaired) electrons. The van der Waals surface area contributed by atoms with E-state index in [-0.39, 0.29) is 48.3 Å². The zero-order chi connectivity index (χ0) is 44.1. The summed E-state index contributed by atoms with van der Waals surface area (Å²) in [6.45, 7) is 12.4. The fourth-order valence-corrected chi connectivity index (χ4v) is 8.02. The van der Waals surface area contributed by atoms with Gasteiger partial charge in [-0.3, -0.25) is 9.80 Å². The molecule has 0 fully saturated rings. The summed E-state index contributed by atoms with van der Waals surface area (Å²) in [7, 11) is 0. The van der Waals surface area contributed by atoms with Crippen molar-refractivity contribution in [2.45, 2.75) is 116 Å². The monoisotopic (exact) mass is 831 g/mol. The van der Waals surface area contributed by atoms with Crippen molar-refractivity contribution in [3.8, 4) is 0 Å². The van der Waals surface area contributed by atoms with E-state index in [1.807, 2.05) is 137 Å². The Balaban J connectivity index is 0.000000234. The largest absolute Gasteiger partial charge is 0.440 e. The van der Waals surface area contributed by atoms with Crippen LogP contribution in [0.4, 0.5) is 21.0 Å². The van der Waals surface area contributed by atoms with Gasteiger partial charge in [-0.15, -0.1) is 0 Å². The smallest absolute Gasteiger partial charge is 0.415 e. The van der Waals surface area contributed by atoms with Crippen LogP contribution in [0.25, 0.3) is 0 Å². The summed E-state index contributed by atoms with van der Waals surface area (Å²) in [5.74, 6) is 0.189. The highest BCUT2D eigenvalue weighted by atomic mass is 16.6. The minimum Gasteiger partial charge on any atom is -0.440 e. The Bertz CT molecular complexity index is 1980. The summed E-state index contributed by atoms with van der Waals surface area (Å²) in [6, 6.07) is 60.6. The first-order valence-electron chi connectivity index (χ1n) is 22.5. The summed E-state index contributed by atoms with van der Waals surface area (Å²) in [6.07, 6.45) is 4.93. The molecule has 6 nitrogen and oxygen atoms in total. The fraction of sp³-hybridized carbons (Fsp3) is 0.321. The number of benzene rings is 6. The average molecular weight is 831 g/mol. The minimum atomic E-state index is -0.354. The van der Waals surface area contributed by atoms with Gasteiger partial charge in [0.15, 0.2) is 0 Å². The molecule has 0 aliphatic rings. The van der Waals surface area contributed by atoms with Crippen LogP contribution in [-0.2, 0) is 9.47 Å². The summed E-state index contributed by atoms with van der Waals surface area (Å²) < 4.78 is 12.6. The molecule has 0 spiro atoms. The van der Waals surface area contributed by atoms with Gasteiger partial charge in [0.1, 0.15) is 12.2 Å². The van der Waals surface area contributed by atoms with Gasteiger partial charge in [0.05, 0.1) is 0 Å². The highest BCUT2D eigenvalue weighted by Crippen LogP contribution is 2.40. The number of carbonyl (C=O) groups is 2. The van der Waals surface area contributed by atoms with Crippen molar-refractivity contribution in [2.24, 2.45) is 0 Å². The maximum atomic E-state index is 13.5. The Morgan fingerprint density at radius 1 is 0.403 bits per heavy atom. The molecule has 0 saturated carbocycles. The van der Waals surface area contributed by atoms with Gasteiger partial charge in [-0.05, 0) is 87.1 Å². The molecule has 0 aliphatic carbocycles. The van der Waals surface area contributed by atoms with Gasteiger partial charge in [0.2, 0.25) is 0 Å². The summed E-state index contributed by atoms with van der Waals surface area (Å²) in [5, 5.41) is 0. The van der Waals surface area contributed by atoms with Crippen LogP contribution in [0, 0.1) is 0 Å². The lowest BCUT2D eigenvalue weighted by Crippen LogP contribution is -2.38. The number of hydrogen-bond acceptors (Lipinski definition) is 4. The van der Waals surface area contributed by atoms with Crippen molar-refractivity contribution in [3.05, 3.63) is 204 Å². The third-order valence-electron chi connectivity index (χ3n) is 11.1. The summed E-state index contributed by atoms with van der Waals surface area (Å²) in [4.78, 5) is 30.4. The third-order valence-corrected chi connectivity index (χ3v) is 11.1. The van der Waals surface area contributed by atoms with E-state index in [2.05, 4.69) is 86.6 Å². The van der Waals surface area contributed by atoms with Crippen LogP contribution in [0.15, 0.2) is 182 Å². The Hall–Kier alpha value is -6.14. The quantitative estimate of drug-likeness (QED) is 0.0866. The van der Waals surface area contributed by atoms with Crippen LogP contribution >= 0.6 is 0 Å². The molecule has 6 rings (SSSR count). The second kappa shape index (κ2) is 25.0. The molecule has 0 saturated heterocycles. The van der Waals surface area contributed by atoms with E-state index in [1.165, 1.54) is 11.1 Å². The molecular formula is C56H66N2O4. The van der Waals surface area contributed by atoms with Crippen LogP contribution in [0.1, 0.15) is 126 Å². The lowest BCUT2D eigenvalue weighted by atomic mass is 9.85. The standard InChI is InChI=1S/2C28H33NO2/c2*1-4-5-21-26(23-15-9-6-10-16-23)27(24-17-11-7-12-18-24)31-28(30)29(22(2)3)25-19-13-8-14-20-25/h2*6-20,22,26-27H,4-5,21H2,1-3H3/t2*26-,27+/m10/s1. The van der Waals surface area contributed by atoms with Gasteiger partial charge in [0, 0.05) is 35.3 Å². The predicted molar refractivity (Wildman–Crippen MR) is 257 cm³/mol. The van der Waals surface area contributed by atoms with Crippen LogP contribution in [-0.4, -0.2) is 24.3 Å². The number of nitrogens with zero attached hydrogens (tertiary/aromatic N) is 2. The van der Waals surface area contributed by atoms with Crippen LogP contribution in [0.5, 0.6) is 0 Å². The normalized spacial score (nSPS) is 12.9. The first kappa shape index (κ1) is 46.9. The molecule has 6 heteroatoms. The molecule has 324 valence electrons. The predicted octanol–water partition coefficient (Wildman–Crippen LogP) is 15.5. The molecule has 0 aliphatic heterocycles. The number of ether oxygens (including phenoxy) is 2. The van der Waals surface area contributed by atoms with E-state index < -0.39 is 0 Å². The molecule has 6 aromatic carbocycles. The second-order valence-electron chi connectivity index (χ2n) is 16.3. The highest BCUT2D eigenvalue weighted by Gasteiger charge is 2.33. The van der Waals surface area contributed by atoms with Crippen LogP contribution in [0.2, 0.25) is 0 Å². The molecule has 0 aromatic heterocycles. The number of para-hydroxylation sites is 2. The molecule has 4 atom stereocenters. The van der Waals surface area contributed by atoms with E-state index in [1.54, 1.807) is 9.80 Å². The van der Waals surface area contributed by atoms with Crippen molar-refractivity contribution < 1.29 is 19.1 Å². The Labute approximate surface area is 371 Å². The van der Waals surface area contributed by atoms with E-state index in [4.69, 9.17) is 9.47 Å². The van der Waals surface area contributed by atoms with Gasteiger partial charge in [-0.2, -0.15) is 0 Å². The summed E-state index contributed by atoms with van der Waals surface area (Å²) >= 11 is 0. The fourth-order valence-electron chi connectivity index (χ4n) is 8.02. The van der Waals surface area contributed by atoms with Crippen LogP contribution in [0.3, 0.4) is 0 Å². The number of carbonyl (C=O) groups excluding carboxylic acids is 2. The molecule has 0 N–H and O–H groups in total. The number of hydrogen-bond donors (Lipinski definition) is 0. The topological polar surface area (TPSA) is 59.1 Å². The zero-order valence-electron chi connectivity index (χ0n) is 37.6. The van der Waals surface area contributed by atoms with Crippen LogP contribution < -0.4 is 9.80 Å². The van der Waals surface area contributed by atoms with Crippen molar-refractivity contribution in [1.29, 1.82) is 0 Å². The first-order chi connectivity index (χ1) is 30.2. The van der Waals surface area contributed by atoms with Crippen molar-refractivity contribution in [2.75, 3.05) is 9.80 Å². The van der Waals surface area contributed by atoms with Gasteiger partial charge in [0.25, 0.3) is 0 Å². The minimum absolute atomic E-state index is 0.0165. The second-order valence-corrected chi connectivity index (χ2v) is 16.3. The maximum absolute atomic E-state index is 13.5. The third kappa shape index (κ3) is 13.4. The number of amides is 2. The zero-order valence-corrected chi connectivity index (χ0v) is 37.6. The number of rotatable bonds is 18. The maximum Gasteiger partial charge on any atom is 0.415 e. The Kier molecular flexibility index (Phi) is 18.9. The van der Waals surface area contributed by atoms with Gasteiger partial charge in [-0.1, -0.05) is 197 Å². The van der Waals surface area contributed by atoms with Crippen molar-refractivity contribution >= 4 is 23.6 Å². The molecule has 6 aromatic rings. The molecular weight excluding hydrogens is 765 g/mol. The van der Waals surface area contributed by atoms with E-state index in [0.717, 1.165) is 61.0 Å². The lowest BCUT2D eigenvalue weighted by molar-refractivity contribution is 0.0823. The van der Waals surface area contributed by atoms with Crippen molar-refractivity contribution in [1.82, 2.24) is 0 Å². The Morgan fingerprint density at radius 3 is 0.919 bits per heavy atom. The average Bonchev–Trinajstić information content (AvgIpc) is 3.30. The Morgan fingerprint density at radius 2 is 0.661 bits per heavy atom. The molecule has 0 unspecified atom stereocenters. The van der Waals surface area contributed by atoms with Gasteiger partial charge in [-0.25, -0.2) is 9.59 Å². The van der Waals surface area contributed by atoms with E-state index in [0.29, 0.717) is 0 Å². The van der Waals surface area contributed by atoms with Gasteiger partial charge >= 0.3 is 12.2 Å². The SMILES string of the molecule is CCCC[C@@H](c1ccccc1)[C@H](OC(=O)N(c1ccccc1)C(C)C)c1ccccc1.CCCC[C@H](c1ccccc1)[C@@H](OC(=O)N(c1ccccc1)C(C)C)c1ccccc1. The molecule has 0 heterocycles. The highest BCUT2D eigenvalue weighted by molar-refractivity contribution is 5.89. The molecule has 0 bridgehead atoms. The number of anilines is 2. The molecule has 2 amide bonds. The van der Waals surface area contributed by atoms with Crippen molar-refractivity contribution in [3.63, 3.8) is 0 Å². The first-order valence-corrected chi connectivity index (χ1v) is 22.5. The van der Waals surface area contributed by atoms with Gasteiger partial charge < -0.3 is 9.47 Å². The number of unbranched alkanes of at least 4 members (excludes halogenated alkanes) is 2. The van der Waals surface area contributed by atoms with E-state index in [9.17, 15) is 9.59 Å². The summed E-state index contributed by atoms with van der Waals surface area (Å²) in [5.41, 5.74) is 6.15. The van der Waals surface area contributed by atoms with E-state index >= 15 is 0 Å². The lowest BCUT2D eigenvalue weighted by Gasteiger charge is -2.32. The molecule has 62 heavy (non-hydrogen) atoms.